The summed E-state index contributed by atoms with van der Waals surface area (Å²) in [6, 6.07) is 11.3. The molecular formula is C22H20N2O4S2. The van der Waals surface area contributed by atoms with Gasteiger partial charge in [0.05, 0.1) is 11.1 Å². The van der Waals surface area contributed by atoms with Crippen molar-refractivity contribution in [1.82, 2.24) is 9.97 Å². The molecule has 0 unspecified atom stereocenters. The first-order valence-corrected chi connectivity index (χ1v) is 11.2. The number of fused-ring (bicyclic) bond motifs is 1. The molecule has 154 valence electrons. The molecule has 8 heteroatoms. The van der Waals surface area contributed by atoms with Gasteiger partial charge in [-0.15, -0.1) is 11.3 Å². The molecule has 0 aliphatic carbocycles. The summed E-state index contributed by atoms with van der Waals surface area (Å²) in [4.78, 5) is 31.7. The summed E-state index contributed by atoms with van der Waals surface area (Å²) in [6.45, 7) is 6.50. The van der Waals surface area contributed by atoms with Gasteiger partial charge in [-0.05, 0) is 28.7 Å². The lowest BCUT2D eigenvalue weighted by Gasteiger charge is -2.19. The van der Waals surface area contributed by atoms with Crippen LogP contribution >= 0.6 is 23.1 Å². The zero-order chi connectivity index (χ0) is 21.5. The number of rotatable bonds is 5. The van der Waals surface area contributed by atoms with Crippen LogP contribution in [0.4, 0.5) is 0 Å². The van der Waals surface area contributed by atoms with Crippen LogP contribution in [-0.4, -0.2) is 21.0 Å². The van der Waals surface area contributed by atoms with E-state index in [1.54, 1.807) is 6.07 Å². The molecule has 3 heterocycles. The van der Waals surface area contributed by atoms with Crippen LogP contribution in [-0.2, 0) is 11.2 Å². The van der Waals surface area contributed by atoms with Gasteiger partial charge in [0.25, 0.3) is 5.56 Å². The molecule has 4 rings (SSSR count). The van der Waals surface area contributed by atoms with Gasteiger partial charge in [0.2, 0.25) is 5.76 Å². The van der Waals surface area contributed by atoms with E-state index in [0.29, 0.717) is 26.9 Å². The number of aromatic amines is 1. The molecule has 0 saturated heterocycles. The smallest absolute Gasteiger partial charge is 0.371 e. The van der Waals surface area contributed by atoms with Crippen molar-refractivity contribution in [2.45, 2.75) is 37.1 Å². The van der Waals surface area contributed by atoms with Gasteiger partial charge in [0.15, 0.2) is 5.16 Å². The number of thiophene rings is 1. The Morgan fingerprint density at radius 3 is 2.57 bits per heavy atom. The Morgan fingerprint density at radius 1 is 1.20 bits per heavy atom. The normalized spacial score (nSPS) is 11.8. The van der Waals surface area contributed by atoms with Gasteiger partial charge in [0.1, 0.15) is 10.6 Å². The Labute approximate surface area is 181 Å². The Morgan fingerprint density at radius 2 is 1.93 bits per heavy atom. The number of thioether (sulfide) groups is 1. The molecule has 0 radical (unpaired) electrons. The molecule has 6 nitrogen and oxygen atoms in total. The average Bonchev–Trinajstić information content (AvgIpc) is 3.33. The average molecular weight is 441 g/mol. The molecule has 3 aromatic heterocycles. The second kappa shape index (κ2) is 7.77. The van der Waals surface area contributed by atoms with Crippen LogP contribution in [0.15, 0.2) is 56.1 Å². The highest BCUT2D eigenvalue weighted by Crippen LogP contribution is 2.33. The number of furan rings is 1. The minimum Gasteiger partial charge on any atom is -0.475 e. The van der Waals surface area contributed by atoms with Gasteiger partial charge in [-0.3, -0.25) is 4.79 Å². The topological polar surface area (TPSA) is 96.2 Å². The van der Waals surface area contributed by atoms with Crippen molar-refractivity contribution in [2.24, 2.45) is 0 Å². The van der Waals surface area contributed by atoms with Crippen molar-refractivity contribution >= 4 is 39.3 Å². The van der Waals surface area contributed by atoms with Crippen molar-refractivity contribution in [2.75, 3.05) is 0 Å². The summed E-state index contributed by atoms with van der Waals surface area (Å²) < 4.78 is 5.24. The number of aromatic nitrogens is 2. The number of carboxylic acid groups (broad SMARTS) is 1. The maximum Gasteiger partial charge on any atom is 0.371 e. The number of carbonyl (C=O) groups is 1. The number of H-pyrrole nitrogens is 1. The van der Waals surface area contributed by atoms with E-state index in [9.17, 15) is 9.59 Å². The van der Waals surface area contributed by atoms with Gasteiger partial charge >= 0.3 is 5.97 Å². The molecule has 0 fully saturated rings. The molecular weight excluding hydrogens is 420 g/mol. The van der Waals surface area contributed by atoms with E-state index in [1.165, 1.54) is 34.7 Å². The first-order chi connectivity index (χ1) is 14.2. The number of nitrogens with zero attached hydrogens (tertiary/aromatic N) is 1. The Kier molecular flexibility index (Phi) is 5.29. The quantitative estimate of drug-likeness (QED) is 0.313. The van der Waals surface area contributed by atoms with Gasteiger partial charge < -0.3 is 14.5 Å². The number of hydrogen-bond donors (Lipinski definition) is 2. The molecule has 30 heavy (non-hydrogen) atoms. The SMILES string of the molecule is CC(C)(C)c1ccc(-c2csc3nc(SCc4ccc(C(=O)O)o4)[nH]c(=O)c23)cc1. The standard InChI is InChI=1S/C22H20N2O4S2/c1-22(2,3)13-6-4-12(5-7-13)15-11-29-19-17(15)18(25)23-21(24-19)30-10-14-8-9-16(28-14)20(26)27/h4-9,11H,10H2,1-3H3,(H,26,27)(H,23,24,25). The Balaban J connectivity index is 1.60. The first kappa shape index (κ1) is 20.4. The maximum absolute atomic E-state index is 12.8. The second-order valence-electron chi connectivity index (χ2n) is 7.89. The highest BCUT2D eigenvalue weighted by atomic mass is 32.2. The third-order valence-electron chi connectivity index (χ3n) is 4.71. The third-order valence-corrected chi connectivity index (χ3v) is 6.48. The second-order valence-corrected chi connectivity index (χ2v) is 9.71. The first-order valence-electron chi connectivity index (χ1n) is 9.29. The van der Waals surface area contributed by atoms with E-state index in [2.05, 4.69) is 42.9 Å². The fourth-order valence-corrected chi connectivity index (χ4v) is 4.83. The zero-order valence-electron chi connectivity index (χ0n) is 16.7. The summed E-state index contributed by atoms with van der Waals surface area (Å²) in [6.07, 6.45) is 0. The molecule has 0 amide bonds. The van der Waals surface area contributed by atoms with Crippen LogP contribution < -0.4 is 5.56 Å². The fourth-order valence-electron chi connectivity index (χ4n) is 3.07. The molecule has 4 aromatic rings. The fraction of sp³-hybridized carbons (Fsp3) is 0.227. The van der Waals surface area contributed by atoms with E-state index in [0.717, 1.165) is 11.1 Å². The number of carboxylic acids is 1. The number of aromatic carboxylic acids is 1. The molecule has 0 bridgehead atoms. The predicted octanol–water partition coefficient (Wildman–Crippen LogP) is 5.53. The number of nitrogens with one attached hydrogen (secondary N) is 1. The van der Waals surface area contributed by atoms with E-state index < -0.39 is 5.97 Å². The molecule has 0 atom stereocenters. The van der Waals surface area contributed by atoms with Crippen LogP contribution in [0.25, 0.3) is 21.3 Å². The lowest BCUT2D eigenvalue weighted by atomic mass is 9.86. The zero-order valence-corrected chi connectivity index (χ0v) is 18.3. The van der Waals surface area contributed by atoms with Gasteiger partial charge in [-0.1, -0.05) is 56.8 Å². The molecule has 0 aliphatic rings. The van der Waals surface area contributed by atoms with E-state index >= 15 is 0 Å². The summed E-state index contributed by atoms with van der Waals surface area (Å²) in [5, 5.41) is 11.9. The summed E-state index contributed by atoms with van der Waals surface area (Å²) >= 11 is 2.72. The van der Waals surface area contributed by atoms with Crippen molar-refractivity contribution < 1.29 is 14.3 Å². The summed E-state index contributed by atoms with van der Waals surface area (Å²) in [5.41, 5.74) is 2.97. The lowest BCUT2D eigenvalue weighted by molar-refractivity contribution is 0.0661. The van der Waals surface area contributed by atoms with Crippen molar-refractivity contribution in [3.63, 3.8) is 0 Å². The van der Waals surface area contributed by atoms with Crippen molar-refractivity contribution in [3.8, 4) is 11.1 Å². The van der Waals surface area contributed by atoms with Crippen molar-refractivity contribution in [1.29, 1.82) is 0 Å². The highest BCUT2D eigenvalue weighted by Gasteiger charge is 2.16. The van der Waals surface area contributed by atoms with Crippen molar-refractivity contribution in [3.05, 3.63) is 69.2 Å². The summed E-state index contributed by atoms with van der Waals surface area (Å²) in [5.74, 6) is -0.344. The molecule has 0 aliphatic heterocycles. The Bertz CT molecular complexity index is 1280. The number of hydrogen-bond acceptors (Lipinski definition) is 6. The van der Waals surface area contributed by atoms with E-state index in [4.69, 9.17) is 9.52 Å². The monoisotopic (exact) mass is 440 g/mol. The van der Waals surface area contributed by atoms with Gasteiger partial charge in [-0.2, -0.15) is 0 Å². The van der Waals surface area contributed by atoms with Crippen LogP contribution in [0.2, 0.25) is 0 Å². The largest absolute Gasteiger partial charge is 0.475 e. The van der Waals surface area contributed by atoms with Crippen LogP contribution in [0.5, 0.6) is 0 Å². The minimum atomic E-state index is -1.11. The van der Waals surface area contributed by atoms with Crippen LogP contribution in [0.1, 0.15) is 42.6 Å². The minimum absolute atomic E-state index is 0.0691. The molecule has 0 spiro atoms. The van der Waals surface area contributed by atoms with Crippen LogP contribution in [0, 0.1) is 0 Å². The molecule has 0 saturated carbocycles. The van der Waals surface area contributed by atoms with Crippen LogP contribution in [0.3, 0.4) is 0 Å². The van der Waals surface area contributed by atoms with Gasteiger partial charge in [0, 0.05) is 10.9 Å². The highest BCUT2D eigenvalue weighted by molar-refractivity contribution is 7.98. The maximum atomic E-state index is 12.8. The number of benzene rings is 1. The summed E-state index contributed by atoms with van der Waals surface area (Å²) in [7, 11) is 0. The molecule has 1 aromatic carbocycles. The van der Waals surface area contributed by atoms with Gasteiger partial charge in [-0.25, -0.2) is 9.78 Å². The Hall–Kier alpha value is -2.84. The molecule has 2 N–H and O–H groups in total. The third kappa shape index (κ3) is 4.06. The van der Waals surface area contributed by atoms with E-state index in [1.807, 2.05) is 17.5 Å². The van der Waals surface area contributed by atoms with E-state index in [-0.39, 0.29) is 16.7 Å². The predicted molar refractivity (Wildman–Crippen MR) is 120 cm³/mol. The lowest BCUT2D eigenvalue weighted by Crippen LogP contribution is -2.10.